The molecule has 20 heavy (non-hydrogen) atoms. The van der Waals surface area contributed by atoms with E-state index in [4.69, 9.17) is 21.1 Å². The Morgan fingerprint density at radius 1 is 1.35 bits per heavy atom. The fraction of sp³-hybridized carbons (Fsp3) is 0.357. The number of nitrogens with one attached hydrogen (secondary N) is 1. The van der Waals surface area contributed by atoms with E-state index in [0.29, 0.717) is 22.6 Å². The molecule has 1 aromatic carbocycles. The predicted molar refractivity (Wildman–Crippen MR) is 79.8 cm³/mol. The van der Waals surface area contributed by atoms with Crippen LogP contribution in [0, 0.1) is 0 Å². The Kier molecular flexibility index (Phi) is 3.83. The lowest BCUT2D eigenvalue weighted by molar-refractivity contribution is 0.174. The Hall–Kier alpha value is -1.30. The lowest BCUT2D eigenvalue weighted by Crippen LogP contribution is -2.28. The van der Waals surface area contributed by atoms with E-state index in [1.165, 1.54) is 0 Å². The van der Waals surface area contributed by atoms with Gasteiger partial charge in [-0.1, -0.05) is 11.6 Å². The van der Waals surface area contributed by atoms with Crippen molar-refractivity contribution in [2.75, 3.05) is 6.79 Å². The van der Waals surface area contributed by atoms with Crippen molar-refractivity contribution in [2.45, 2.75) is 25.9 Å². The second-order valence-electron chi connectivity index (χ2n) is 4.86. The molecule has 1 unspecified atom stereocenters. The molecule has 2 aromatic rings. The molecule has 0 saturated heterocycles. The molecule has 1 aliphatic rings. The minimum absolute atomic E-state index is 0.00185. The quantitative estimate of drug-likeness (QED) is 0.937. The van der Waals surface area contributed by atoms with Crippen LogP contribution in [0.25, 0.3) is 0 Å². The molecule has 1 aliphatic heterocycles. The van der Waals surface area contributed by atoms with Crippen molar-refractivity contribution < 1.29 is 9.47 Å². The first kappa shape index (κ1) is 13.7. The summed E-state index contributed by atoms with van der Waals surface area (Å²) < 4.78 is 10.8. The maximum Gasteiger partial charge on any atom is 0.231 e. The van der Waals surface area contributed by atoms with Gasteiger partial charge in [-0.05, 0) is 31.5 Å². The van der Waals surface area contributed by atoms with Gasteiger partial charge in [0.25, 0.3) is 0 Å². The number of thiazole rings is 1. The summed E-state index contributed by atoms with van der Waals surface area (Å²) in [5.74, 6) is 1.32. The van der Waals surface area contributed by atoms with E-state index in [2.05, 4.69) is 24.1 Å². The van der Waals surface area contributed by atoms with Crippen LogP contribution < -0.4 is 14.8 Å². The van der Waals surface area contributed by atoms with Crippen molar-refractivity contribution in [3.63, 3.8) is 0 Å². The molecule has 1 N–H and O–H groups in total. The number of halogens is 1. The first-order valence-electron chi connectivity index (χ1n) is 6.39. The molecule has 2 heterocycles. The lowest BCUT2D eigenvalue weighted by atomic mass is 10.1. The zero-order chi connectivity index (χ0) is 14.1. The van der Waals surface area contributed by atoms with Crippen LogP contribution in [-0.2, 0) is 0 Å². The highest BCUT2D eigenvalue weighted by atomic mass is 35.5. The summed E-state index contributed by atoms with van der Waals surface area (Å²) in [5.41, 5.74) is 1.03. The van der Waals surface area contributed by atoms with Crippen molar-refractivity contribution in [3.05, 3.63) is 39.3 Å². The number of nitrogens with zero attached hydrogens (tertiary/aromatic N) is 1. The van der Waals surface area contributed by atoms with Crippen molar-refractivity contribution in [1.29, 1.82) is 0 Å². The average molecular weight is 311 g/mol. The van der Waals surface area contributed by atoms with E-state index in [1.54, 1.807) is 11.3 Å². The highest BCUT2D eigenvalue weighted by Gasteiger charge is 2.24. The molecular weight excluding hydrogens is 296 g/mol. The summed E-state index contributed by atoms with van der Waals surface area (Å²) in [6.07, 6.45) is 1.81. The topological polar surface area (TPSA) is 43.4 Å². The first-order valence-corrected chi connectivity index (χ1v) is 7.65. The molecule has 3 rings (SSSR count). The third-order valence-corrected chi connectivity index (χ3v) is 4.10. The number of benzene rings is 1. The molecule has 106 valence electrons. The van der Waals surface area contributed by atoms with Crippen molar-refractivity contribution in [3.8, 4) is 11.5 Å². The third kappa shape index (κ3) is 2.61. The lowest BCUT2D eigenvalue weighted by Gasteiger charge is -2.20. The van der Waals surface area contributed by atoms with E-state index < -0.39 is 0 Å². The van der Waals surface area contributed by atoms with Crippen molar-refractivity contribution >= 4 is 22.9 Å². The Labute approximate surface area is 126 Å². The van der Waals surface area contributed by atoms with E-state index in [1.807, 2.05) is 23.7 Å². The second-order valence-corrected chi connectivity index (χ2v) is 6.19. The molecule has 0 spiro atoms. The van der Waals surface area contributed by atoms with E-state index in [0.717, 1.165) is 10.6 Å². The monoisotopic (exact) mass is 310 g/mol. The molecule has 0 fully saturated rings. The Balaban J connectivity index is 2.01. The highest BCUT2D eigenvalue weighted by Crippen LogP contribution is 2.42. The van der Waals surface area contributed by atoms with Gasteiger partial charge in [0.1, 0.15) is 5.01 Å². The molecule has 1 aromatic heterocycles. The predicted octanol–water partition coefficient (Wildman–Crippen LogP) is 3.61. The third-order valence-electron chi connectivity index (χ3n) is 2.98. The largest absolute Gasteiger partial charge is 0.454 e. The molecule has 0 saturated carbocycles. The molecule has 1 atom stereocenters. The summed E-state index contributed by atoms with van der Waals surface area (Å²) in [7, 11) is 0. The Bertz CT molecular complexity index is 601. The minimum Gasteiger partial charge on any atom is -0.454 e. The zero-order valence-corrected chi connectivity index (χ0v) is 12.8. The van der Waals surface area contributed by atoms with Crippen LogP contribution in [0.1, 0.15) is 30.5 Å². The number of hydrogen-bond donors (Lipinski definition) is 1. The molecule has 0 aliphatic carbocycles. The first-order chi connectivity index (χ1) is 9.65. The van der Waals surface area contributed by atoms with Crippen LogP contribution in [0.2, 0.25) is 5.02 Å². The van der Waals surface area contributed by atoms with E-state index in [9.17, 15) is 0 Å². The van der Waals surface area contributed by atoms with E-state index >= 15 is 0 Å². The van der Waals surface area contributed by atoms with Crippen molar-refractivity contribution in [1.82, 2.24) is 10.3 Å². The van der Waals surface area contributed by atoms with Gasteiger partial charge in [0.05, 0.1) is 11.1 Å². The van der Waals surface area contributed by atoms with Crippen LogP contribution in [0.3, 0.4) is 0 Å². The summed E-state index contributed by atoms with van der Waals surface area (Å²) in [4.78, 5) is 4.41. The van der Waals surface area contributed by atoms with Crippen LogP contribution in [0.4, 0.5) is 0 Å². The van der Waals surface area contributed by atoms with Crippen LogP contribution >= 0.6 is 22.9 Å². The molecule has 0 bridgehead atoms. The van der Waals surface area contributed by atoms with Gasteiger partial charge < -0.3 is 14.8 Å². The average Bonchev–Trinajstić information content (AvgIpc) is 3.06. The normalized spacial score (nSPS) is 14.8. The molecule has 4 nitrogen and oxygen atoms in total. The van der Waals surface area contributed by atoms with Gasteiger partial charge in [0.2, 0.25) is 6.79 Å². The standard InChI is InChI=1S/C14H15ClN2O2S/c1-8(2)17-12(14-16-3-4-20-14)9-5-10(15)13-11(6-9)18-7-19-13/h3-6,8,12,17H,7H2,1-2H3. The highest BCUT2D eigenvalue weighted by molar-refractivity contribution is 7.09. The fourth-order valence-corrected chi connectivity index (χ4v) is 3.17. The van der Waals surface area contributed by atoms with Gasteiger partial charge in [-0.2, -0.15) is 0 Å². The fourth-order valence-electron chi connectivity index (χ4n) is 2.17. The summed E-state index contributed by atoms with van der Waals surface area (Å²) >= 11 is 7.89. The SMILES string of the molecule is CC(C)NC(c1cc(Cl)c2c(c1)OCO2)c1nccs1. The molecule has 6 heteroatoms. The number of ether oxygens (including phenoxy) is 2. The maximum atomic E-state index is 6.27. The zero-order valence-electron chi connectivity index (χ0n) is 11.2. The van der Waals surface area contributed by atoms with Gasteiger partial charge >= 0.3 is 0 Å². The Morgan fingerprint density at radius 3 is 2.90 bits per heavy atom. The molecule has 0 radical (unpaired) electrons. The van der Waals surface area contributed by atoms with Gasteiger partial charge in [0, 0.05) is 17.6 Å². The minimum atomic E-state index is 0.00185. The number of aromatic nitrogens is 1. The molecular formula is C14H15ClN2O2S. The Morgan fingerprint density at radius 2 is 2.20 bits per heavy atom. The summed E-state index contributed by atoms with van der Waals surface area (Å²) in [6, 6.07) is 4.21. The van der Waals surface area contributed by atoms with Crippen LogP contribution in [0.15, 0.2) is 23.7 Å². The van der Waals surface area contributed by atoms with Crippen LogP contribution in [0.5, 0.6) is 11.5 Å². The van der Waals surface area contributed by atoms with Gasteiger partial charge in [-0.25, -0.2) is 4.98 Å². The van der Waals surface area contributed by atoms with Gasteiger partial charge in [0.15, 0.2) is 11.5 Å². The van der Waals surface area contributed by atoms with Crippen molar-refractivity contribution in [2.24, 2.45) is 0 Å². The van der Waals surface area contributed by atoms with Crippen LogP contribution in [-0.4, -0.2) is 17.8 Å². The second kappa shape index (κ2) is 5.60. The number of fused-ring (bicyclic) bond motifs is 1. The molecule has 0 amide bonds. The van der Waals surface area contributed by atoms with Gasteiger partial charge in [-0.15, -0.1) is 11.3 Å². The van der Waals surface area contributed by atoms with E-state index in [-0.39, 0.29) is 12.8 Å². The number of hydrogen-bond acceptors (Lipinski definition) is 5. The van der Waals surface area contributed by atoms with Gasteiger partial charge in [-0.3, -0.25) is 0 Å². The smallest absolute Gasteiger partial charge is 0.231 e. The summed E-state index contributed by atoms with van der Waals surface area (Å²) in [5, 5.41) is 7.06. The maximum absolute atomic E-state index is 6.27. The number of rotatable bonds is 4. The summed E-state index contributed by atoms with van der Waals surface area (Å²) in [6.45, 7) is 4.43.